The highest BCUT2D eigenvalue weighted by molar-refractivity contribution is 5.99. The summed E-state index contributed by atoms with van der Waals surface area (Å²) in [5, 5.41) is 0. The van der Waals surface area contributed by atoms with Crippen LogP contribution in [0.1, 0.15) is 85.3 Å². The monoisotopic (exact) mass is 570 g/mol. The number of ketones is 1. The highest BCUT2D eigenvalue weighted by atomic mass is 16.6. The zero-order chi connectivity index (χ0) is 30.1. The lowest BCUT2D eigenvalue weighted by Gasteiger charge is -2.66. The zero-order valence-corrected chi connectivity index (χ0v) is 24.7. The fraction of sp³-hybridized carbons (Fsp3) is 0.645. The van der Waals surface area contributed by atoms with Crippen LogP contribution in [0.3, 0.4) is 0 Å². The number of cyclic esters (lactones) is 1. The van der Waals surface area contributed by atoms with Gasteiger partial charge in [0.05, 0.1) is 26.1 Å². The first-order chi connectivity index (χ1) is 19.1. The second kappa shape index (κ2) is 9.56. The van der Waals surface area contributed by atoms with Crippen molar-refractivity contribution in [2.75, 3.05) is 7.11 Å². The Bertz CT molecular complexity index is 1340. The van der Waals surface area contributed by atoms with Crippen molar-refractivity contribution >= 4 is 29.7 Å². The van der Waals surface area contributed by atoms with Crippen LogP contribution < -0.4 is 0 Å². The second-order valence-electron chi connectivity index (χ2n) is 13.0. The van der Waals surface area contributed by atoms with Crippen LogP contribution in [0.4, 0.5) is 0 Å². The Kier molecular flexibility index (Phi) is 6.78. The molecule has 0 radical (unpaired) electrons. The number of carbonyl (C=O) groups is 5. The quantitative estimate of drug-likeness (QED) is 0.284. The van der Waals surface area contributed by atoms with E-state index in [0.29, 0.717) is 12.8 Å². The molecule has 2 saturated carbocycles. The van der Waals surface area contributed by atoms with Crippen molar-refractivity contribution in [3.63, 3.8) is 0 Å². The van der Waals surface area contributed by atoms with Crippen LogP contribution in [0, 0.1) is 28.1 Å². The lowest BCUT2D eigenvalue weighted by Crippen LogP contribution is -2.75. The first-order valence-electron chi connectivity index (χ1n) is 14.1. The lowest BCUT2D eigenvalue weighted by molar-refractivity contribution is -0.243. The first-order valence-corrected chi connectivity index (χ1v) is 14.1. The molecule has 0 aromatic carbocycles. The molecular formula is C31H38O10. The Labute approximate surface area is 239 Å². The van der Waals surface area contributed by atoms with Crippen molar-refractivity contribution < 1.29 is 47.3 Å². The molecule has 1 saturated heterocycles. The molecule has 2 bridgehead atoms. The molecule has 5 rings (SSSR count). The third-order valence-electron chi connectivity index (χ3n) is 10.4. The predicted octanol–water partition coefficient (Wildman–Crippen LogP) is 4.41. The molecule has 0 amide bonds. The number of furan rings is 1. The summed E-state index contributed by atoms with van der Waals surface area (Å²) in [6.07, 6.45) is 2.39. The first kappa shape index (κ1) is 29.1. The summed E-state index contributed by atoms with van der Waals surface area (Å²) in [7, 11) is 1.29. The van der Waals surface area contributed by atoms with Crippen LogP contribution in [0.15, 0.2) is 34.2 Å². The Balaban J connectivity index is 1.79. The number of hydrogen-bond acceptors (Lipinski definition) is 10. The Morgan fingerprint density at radius 3 is 2.37 bits per heavy atom. The van der Waals surface area contributed by atoms with Gasteiger partial charge in [0, 0.05) is 48.5 Å². The highest BCUT2D eigenvalue weighted by Gasteiger charge is 2.76. The molecule has 0 unspecified atom stereocenters. The number of carbonyl (C=O) groups excluding carboxylic acids is 5. The van der Waals surface area contributed by atoms with Gasteiger partial charge < -0.3 is 23.4 Å². The van der Waals surface area contributed by atoms with Gasteiger partial charge in [0.2, 0.25) is 5.60 Å². The Morgan fingerprint density at radius 2 is 1.78 bits per heavy atom. The SMILES string of the molecule is COC(=O)C[C@@H]1C(C)(C)[C@H](OC(C)=O)[C@]2(OC(C)=O)CC3=C4CC(=O)O[C@@H](c5ccoc5)[C@]4(C)CC[C@H]3[C@@]1(C)C2=O. The van der Waals surface area contributed by atoms with Crippen molar-refractivity contribution in [2.45, 2.75) is 91.5 Å². The third kappa shape index (κ3) is 4.07. The summed E-state index contributed by atoms with van der Waals surface area (Å²) in [6, 6.07) is 1.77. The van der Waals surface area contributed by atoms with E-state index in [1.54, 1.807) is 12.3 Å². The molecule has 3 aliphatic carbocycles. The Morgan fingerprint density at radius 1 is 1.07 bits per heavy atom. The van der Waals surface area contributed by atoms with Crippen LogP contribution >= 0.6 is 0 Å². The minimum Gasteiger partial charge on any atom is -0.472 e. The number of hydrogen-bond donors (Lipinski definition) is 0. The van der Waals surface area contributed by atoms with Crippen LogP contribution in [0.2, 0.25) is 0 Å². The number of methoxy groups -OCH3 is 1. The van der Waals surface area contributed by atoms with Crippen molar-refractivity contribution in [3.8, 4) is 0 Å². The standard InChI is InChI=1S/C31H38O10/c1-16(32)39-27-28(3,4)22(13-23(34)37-7)30(6)20-8-10-29(5)21(12-24(35)40-25(29)18-9-11-38-15-18)19(20)14-31(27,26(30)36)41-17(2)33/h9,11,15,20,22,25,27H,8,10,12-14H2,1-7H3/t20-,22-,25+,27+,29-,30-,31+/m1/s1. The average molecular weight is 571 g/mol. The lowest BCUT2D eigenvalue weighted by atomic mass is 9.39. The Hall–Kier alpha value is -3.43. The minimum atomic E-state index is -1.84. The molecule has 10 nitrogen and oxygen atoms in total. The van der Waals surface area contributed by atoms with Crippen molar-refractivity contribution in [1.82, 2.24) is 0 Å². The maximum Gasteiger partial charge on any atom is 0.310 e. The summed E-state index contributed by atoms with van der Waals surface area (Å²) in [4.78, 5) is 65.9. The van der Waals surface area contributed by atoms with Gasteiger partial charge in [-0.15, -0.1) is 0 Å². The largest absolute Gasteiger partial charge is 0.472 e. The fourth-order valence-corrected chi connectivity index (χ4v) is 8.83. The molecule has 2 heterocycles. The molecule has 7 atom stereocenters. The average Bonchev–Trinajstić information content (AvgIpc) is 3.42. The van der Waals surface area contributed by atoms with Gasteiger partial charge in [-0.2, -0.15) is 0 Å². The van der Waals surface area contributed by atoms with E-state index in [2.05, 4.69) is 0 Å². The fourth-order valence-electron chi connectivity index (χ4n) is 8.83. The van der Waals surface area contributed by atoms with Crippen LogP contribution in [-0.4, -0.2) is 48.5 Å². The third-order valence-corrected chi connectivity index (χ3v) is 10.4. The molecular weight excluding hydrogens is 532 g/mol. The minimum absolute atomic E-state index is 0.0143. The number of fused-ring (bicyclic) bond motifs is 5. The summed E-state index contributed by atoms with van der Waals surface area (Å²) in [5.74, 6) is -3.59. The maximum absolute atomic E-state index is 14.8. The van der Waals surface area contributed by atoms with Gasteiger partial charge in [-0.1, -0.05) is 33.3 Å². The van der Waals surface area contributed by atoms with E-state index in [4.69, 9.17) is 23.4 Å². The molecule has 1 aromatic rings. The van der Waals surface area contributed by atoms with E-state index in [-0.39, 0.29) is 31.0 Å². The molecule has 3 fully saturated rings. The van der Waals surface area contributed by atoms with E-state index >= 15 is 0 Å². The van der Waals surface area contributed by atoms with E-state index < -0.39 is 63.8 Å². The van der Waals surface area contributed by atoms with Crippen molar-refractivity contribution in [1.29, 1.82) is 0 Å². The smallest absolute Gasteiger partial charge is 0.310 e. The molecule has 0 N–H and O–H groups in total. The summed E-state index contributed by atoms with van der Waals surface area (Å²) < 4.78 is 28.1. The van der Waals surface area contributed by atoms with Crippen molar-refractivity contribution in [3.05, 3.63) is 35.3 Å². The normalized spacial score (nSPS) is 37.3. The van der Waals surface area contributed by atoms with E-state index in [1.807, 2.05) is 27.7 Å². The van der Waals surface area contributed by atoms with E-state index in [1.165, 1.54) is 27.2 Å². The molecule has 41 heavy (non-hydrogen) atoms. The number of esters is 4. The maximum atomic E-state index is 14.8. The van der Waals surface area contributed by atoms with Crippen LogP contribution in [0.25, 0.3) is 0 Å². The highest BCUT2D eigenvalue weighted by Crippen LogP contribution is 2.69. The van der Waals surface area contributed by atoms with Gasteiger partial charge in [-0.25, -0.2) is 0 Å². The van der Waals surface area contributed by atoms with Gasteiger partial charge in [-0.05, 0) is 36.3 Å². The van der Waals surface area contributed by atoms with Gasteiger partial charge >= 0.3 is 23.9 Å². The van der Waals surface area contributed by atoms with Gasteiger partial charge in [0.1, 0.15) is 6.10 Å². The van der Waals surface area contributed by atoms with Gasteiger partial charge in [0.15, 0.2) is 11.9 Å². The van der Waals surface area contributed by atoms with Crippen LogP contribution in [0.5, 0.6) is 0 Å². The molecule has 4 aliphatic rings. The van der Waals surface area contributed by atoms with Gasteiger partial charge in [0.25, 0.3) is 0 Å². The molecule has 222 valence electrons. The topological polar surface area (TPSA) is 135 Å². The van der Waals surface area contributed by atoms with E-state index in [0.717, 1.165) is 16.7 Å². The number of rotatable bonds is 5. The predicted molar refractivity (Wildman–Crippen MR) is 142 cm³/mol. The van der Waals surface area contributed by atoms with Gasteiger partial charge in [-0.3, -0.25) is 24.0 Å². The van der Waals surface area contributed by atoms with Crippen molar-refractivity contribution in [2.24, 2.45) is 28.1 Å². The number of Topliss-reactive ketones (excluding diaryl/α,β-unsaturated/α-hetero) is 1. The molecule has 10 heteroatoms. The summed E-state index contributed by atoms with van der Waals surface area (Å²) >= 11 is 0. The summed E-state index contributed by atoms with van der Waals surface area (Å²) in [6.45, 7) is 10.0. The molecule has 1 aromatic heterocycles. The molecule has 1 aliphatic heterocycles. The molecule has 0 spiro atoms. The van der Waals surface area contributed by atoms with Crippen LogP contribution in [-0.2, 0) is 42.9 Å². The summed E-state index contributed by atoms with van der Waals surface area (Å²) in [5.41, 5.74) is -2.23. The second-order valence-corrected chi connectivity index (χ2v) is 13.0. The zero-order valence-electron chi connectivity index (χ0n) is 24.7. The van der Waals surface area contributed by atoms with E-state index in [9.17, 15) is 24.0 Å². The number of ether oxygens (including phenoxy) is 4.